The molecule has 2 atom stereocenters. The maximum atomic E-state index is 11.0. The van der Waals surface area contributed by atoms with Gasteiger partial charge in [-0.2, -0.15) is 0 Å². The maximum absolute atomic E-state index is 11.0. The molecule has 1 aliphatic heterocycles. The van der Waals surface area contributed by atoms with Crippen molar-refractivity contribution < 1.29 is 14.3 Å². The van der Waals surface area contributed by atoms with Gasteiger partial charge >= 0.3 is 0 Å². The number of carbonyl (C=O) groups is 1. The van der Waals surface area contributed by atoms with Crippen LogP contribution in [-0.4, -0.2) is 37.9 Å². The van der Waals surface area contributed by atoms with Gasteiger partial charge in [0.05, 0.1) is 25.4 Å². The Kier molecular flexibility index (Phi) is 5.05. The molecule has 0 aromatic rings. The largest absolute Gasteiger partial charge is 0.379 e. The topological polar surface area (TPSA) is 47.6 Å². The molecule has 88 valence electrons. The second-order valence-electron chi connectivity index (χ2n) is 4.37. The zero-order valence-corrected chi connectivity index (χ0v) is 9.79. The van der Waals surface area contributed by atoms with Gasteiger partial charge in [0.2, 0.25) is 5.91 Å². The van der Waals surface area contributed by atoms with Crippen molar-refractivity contribution in [3.63, 3.8) is 0 Å². The standard InChI is InChI=1S/C11H21NO3/c1-8(2)11(12-9(3)13)7-15-10-4-5-14-6-10/h8,10-11H,4-7H2,1-3H3,(H,12,13). The number of rotatable bonds is 5. The molecule has 1 fully saturated rings. The van der Waals surface area contributed by atoms with E-state index in [1.54, 1.807) is 0 Å². The summed E-state index contributed by atoms with van der Waals surface area (Å²) in [5.74, 6) is 0.385. The summed E-state index contributed by atoms with van der Waals surface area (Å²) in [6.45, 7) is 7.74. The van der Waals surface area contributed by atoms with E-state index in [1.807, 2.05) is 0 Å². The lowest BCUT2D eigenvalue weighted by Crippen LogP contribution is -2.41. The number of hydrogen-bond donors (Lipinski definition) is 1. The molecular formula is C11H21NO3. The number of hydrogen-bond acceptors (Lipinski definition) is 3. The van der Waals surface area contributed by atoms with Crippen LogP contribution in [0.15, 0.2) is 0 Å². The van der Waals surface area contributed by atoms with Gasteiger partial charge in [0.25, 0.3) is 0 Å². The van der Waals surface area contributed by atoms with Crippen LogP contribution in [0.2, 0.25) is 0 Å². The molecule has 1 rings (SSSR count). The minimum absolute atomic E-state index is 0.0000260. The summed E-state index contributed by atoms with van der Waals surface area (Å²) in [6.07, 6.45) is 1.17. The maximum Gasteiger partial charge on any atom is 0.217 e. The van der Waals surface area contributed by atoms with Crippen LogP contribution in [0.3, 0.4) is 0 Å². The summed E-state index contributed by atoms with van der Waals surface area (Å²) < 4.78 is 10.9. The van der Waals surface area contributed by atoms with Crippen molar-refractivity contribution in [2.75, 3.05) is 19.8 Å². The fourth-order valence-electron chi connectivity index (χ4n) is 1.55. The van der Waals surface area contributed by atoms with Gasteiger partial charge in [-0.15, -0.1) is 0 Å². The van der Waals surface area contributed by atoms with Crippen molar-refractivity contribution in [2.45, 2.75) is 39.3 Å². The molecule has 0 spiro atoms. The number of nitrogens with one attached hydrogen (secondary N) is 1. The van der Waals surface area contributed by atoms with E-state index in [2.05, 4.69) is 19.2 Å². The fraction of sp³-hybridized carbons (Fsp3) is 0.909. The summed E-state index contributed by atoms with van der Waals surface area (Å²) >= 11 is 0. The molecule has 15 heavy (non-hydrogen) atoms. The number of carbonyl (C=O) groups excluding carboxylic acids is 1. The van der Waals surface area contributed by atoms with E-state index < -0.39 is 0 Å². The first-order valence-corrected chi connectivity index (χ1v) is 5.56. The van der Waals surface area contributed by atoms with Crippen molar-refractivity contribution in [2.24, 2.45) is 5.92 Å². The highest BCUT2D eigenvalue weighted by molar-refractivity contribution is 5.73. The third kappa shape index (κ3) is 4.62. The highest BCUT2D eigenvalue weighted by Gasteiger charge is 2.20. The number of ether oxygens (including phenoxy) is 2. The van der Waals surface area contributed by atoms with Gasteiger partial charge in [-0.3, -0.25) is 4.79 Å². The summed E-state index contributed by atoms with van der Waals surface area (Å²) in [7, 11) is 0. The summed E-state index contributed by atoms with van der Waals surface area (Å²) in [4.78, 5) is 11.0. The SMILES string of the molecule is CC(=O)NC(COC1CCOC1)C(C)C. The van der Waals surface area contributed by atoms with E-state index in [4.69, 9.17) is 9.47 Å². The first-order valence-electron chi connectivity index (χ1n) is 5.56. The summed E-state index contributed by atoms with van der Waals surface area (Å²) in [6, 6.07) is 0.100. The van der Waals surface area contributed by atoms with Crippen molar-refractivity contribution >= 4 is 5.91 Å². The first-order chi connectivity index (χ1) is 7.09. The predicted octanol–water partition coefficient (Wildman–Crippen LogP) is 0.953. The van der Waals surface area contributed by atoms with E-state index >= 15 is 0 Å². The lowest BCUT2D eigenvalue weighted by atomic mass is 10.1. The van der Waals surface area contributed by atoms with Gasteiger partial charge in [-0.05, 0) is 12.3 Å². The Bertz CT molecular complexity index is 200. The molecule has 1 amide bonds. The van der Waals surface area contributed by atoms with Crippen LogP contribution < -0.4 is 5.32 Å². The van der Waals surface area contributed by atoms with Crippen LogP contribution in [0.1, 0.15) is 27.2 Å². The molecule has 0 bridgehead atoms. The molecule has 0 aliphatic carbocycles. The Morgan fingerprint density at radius 1 is 1.60 bits per heavy atom. The average Bonchev–Trinajstić information content (AvgIpc) is 2.63. The third-order valence-corrected chi connectivity index (χ3v) is 2.59. The van der Waals surface area contributed by atoms with Crippen molar-refractivity contribution in [1.82, 2.24) is 5.32 Å². The minimum Gasteiger partial charge on any atom is -0.379 e. The van der Waals surface area contributed by atoms with E-state index in [0.29, 0.717) is 19.1 Å². The zero-order valence-electron chi connectivity index (χ0n) is 9.79. The van der Waals surface area contributed by atoms with Gasteiger partial charge in [0, 0.05) is 13.5 Å². The van der Waals surface area contributed by atoms with Gasteiger partial charge in [0.15, 0.2) is 0 Å². The Balaban J connectivity index is 2.27. The molecular weight excluding hydrogens is 194 g/mol. The lowest BCUT2D eigenvalue weighted by Gasteiger charge is -2.23. The first kappa shape index (κ1) is 12.5. The molecule has 0 aromatic heterocycles. The van der Waals surface area contributed by atoms with Crippen LogP contribution in [0.4, 0.5) is 0 Å². The van der Waals surface area contributed by atoms with Gasteiger partial charge < -0.3 is 14.8 Å². The van der Waals surface area contributed by atoms with Crippen molar-refractivity contribution in [3.05, 3.63) is 0 Å². The van der Waals surface area contributed by atoms with Crippen LogP contribution >= 0.6 is 0 Å². The van der Waals surface area contributed by atoms with Crippen molar-refractivity contribution in [3.8, 4) is 0 Å². The second kappa shape index (κ2) is 6.08. The second-order valence-corrected chi connectivity index (χ2v) is 4.37. The average molecular weight is 215 g/mol. The van der Waals surface area contributed by atoms with Crippen molar-refractivity contribution in [1.29, 1.82) is 0 Å². The van der Waals surface area contributed by atoms with Crippen LogP contribution in [-0.2, 0) is 14.3 Å². The van der Waals surface area contributed by atoms with Crippen LogP contribution in [0.5, 0.6) is 0 Å². The quantitative estimate of drug-likeness (QED) is 0.743. The Morgan fingerprint density at radius 3 is 2.80 bits per heavy atom. The molecule has 4 nitrogen and oxygen atoms in total. The Hall–Kier alpha value is -0.610. The Labute approximate surface area is 91.3 Å². The fourth-order valence-corrected chi connectivity index (χ4v) is 1.55. The molecule has 1 aliphatic rings. The molecule has 0 saturated carbocycles. The highest BCUT2D eigenvalue weighted by Crippen LogP contribution is 2.10. The van der Waals surface area contributed by atoms with E-state index in [9.17, 15) is 4.79 Å². The van der Waals surface area contributed by atoms with E-state index in [1.165, 1.54) is 6.92 Å². The van der Waals surface area contributed by atoms with E-state index in [0.717, 1.165) is 13.0 Å². The highest BCUT2D eigenvalue weighted by atomic mass is 16.5. The monoisotopic (exact) mass is 215 g/mol. The Morgan fingerprint density at radius 2 is 2.33 bits per heavy atom. The third-order valence-electron chi connectivity index (χ3n) is 2.59. The summed E-state index contributed by atoms with van der Waals surface area (Å²) in [5.41, 5.74) is 0. The van der Waals surface area contributed by atoms with Crippen LogP contribution in [0, 0.1) is 5.92 Å². The van der Waals surface area contributed by atoms with Gasteiger partial charge in [0.1, 0.15) is 0 Å². The lowest BCUT2D eigenvalue weighted by molar-refractivity contribution is -0.120. The van der Waals surface area contributed by atoms with Crippen LogP contribution in [0.25, 0.3) is 0 Å². The minimum atomic E-state index is -0.0000260. The molecule has 0 aromatic carbocycles. The normalized spacial score (nSPS) is 23.1. The smallest absolute Gasteiger partial charge is 0.217 e. The zero-order chi connectivity index (χ0) is 11.3. The molecule has 4 heteroatoms. The predicted molar refractivity (Wildman–Crippen MR) is 57.6 cm³/mol. The molecule has 2 unspecified atom stereocenters. The molecule has 1 saturated heterocycles. The van der Waals surface area contributed by atoms with Gasteiger partial charge in [-0.1, -0.05) is 13.8 Å². The van der Waals surface area contributed by atoms with Gasteiger partial charge in [-0.25, -0.2) is 0 Å². The molecule has 1 heterocycles. The van der Waals surface area contributed by atoms with E-state index in [-0.39, 0.29) is 18.1 Å². The molecule has 1 N–H and O–H groups in total. The number of amides is 1. The molecule has 0 radical (unpaired) electrons. The summed E-state index contributed by atoms with van der Waals surface area (Å²) in [5, 5.41) is 2.90.